The van der Waals surface area contributed by atoms with E-state index in [1.165, 1.54) is 0 Å². The minimum Gasteiger partial charge on any atom is -0.465 e. The maximum Gasteiger partial charge on any atom is 0.405 e. The van der Waals surface area contributed by atoms with Gasteiger partial charge in [-0.05, 0) is 49.2 Å². The van der Waals surface area contributed by atoms with Crippen LogP contribution in [-0.4, -0.2) is 35.6 Å². The Labute approximate surface area is 175 Å². The largest absolute Gasteiger partial charge is 0.465 e. The minimum atomic E-state index is -1.24. The maximum atomic E-state index is 12.4. The van der Waals surface area contributed by atoms with Gasteiger partial charge >= 0.3 is 6.09 Å². The lowest BCUT2D eigenvalue weighted by atomic mass is 9.91. The number of carboxylic acid groups (broad SMARTS) is 1. The van der Waals surface area contributed by atoms with Crippen molar-refractivity contribution < 1.29 is 19.5 Å². The molecule has 8 nitrogen and oxygen atoms in total. The summed E-state index contributed by atoms with van der Waals surface area (Å²) in [5.74, 6) is -0.320. The lowest BCUT2D eigenvalue weighted by Gasteiger charge is -2.40. The number of carbonyl (C=O) groups is 3. The number of amides is 3. The molecule has 8 heteroatoms. The molecule has 2 aromatic rings. The van der Waals surface area contributed by atoms with Crippen molar-refractivity contribution >= 4 is 35.0 Å². The fourth-order valence-corrected chi connectivity index (χ4v) is 3.71. The summed E-state index contributed by atoms with van der Waals surface area (Å²) in [5.41, 5.74) is 3.48. The van der Waals surface area contributed by atoms with Gasteiger partial charge in [-0.3, -0.25) is 9.59 Å². The molecule has 0 aliphatic carbocycles. The molecule has 3 amide bonds. The van der Waals surface area contributed by atoms with Gasteiger partial charge in [0, 0.05) is 29.5 Å². The van der Waals surface area contributed by atoms with Gasteiger partial charge in [-0.2, -0.15) is 0 Å². The van der Waals surface area contributed by atoms with Gasteiger partial charge in [0.05, 0.1) is 6.04 Å². The fraction of sp³-hybridized carbons (Fsp3) is 0.318. The first-order valence-electron chi connectivity index (χ1n) is 9.93. The average molecular weight is 410 g/mol. The van der Waals surface area contributed by atoms with E-state index >= 15 is 0 Å². The van der Waals surface area contributed by atoms with Crippen LogP contribution < -0.4 is 20.9 Å². The quantitative estimate of drug-likeness (QED) is 0.582. The zero-order valence-electron chi connectivity index (χ0n) is 17.0. The molecular formula is C22H26N4O4. The van der Waals surface area contributed by atoms with Gasteiger partial charge in [0.15, 0.2) is 0 Å². The molecule has 30 heavy (non-hydrogen) atoms. The van der Waals surface area contributed by atoms with E-state index in [4.69, 9.17) is 5.11 Å². The van der Waals surface area contributed by atoms with Gasteiger partial charge in [-0.25, -0.2) is 4.79 Å². The zero-order chi connectivity index (χ0) is 21.7. The van der Waals surface area contributed by atoms with Gasteiger partial charge in [-0.15, -0.1) is 0 Å². The number of nitrogens with zero attached hydrogens (tertiary/aromatic N) is 1. The second kappa shape index (κ2) is 9.30. The van der Waals surface area contributed by atoms with Crippen LogP contribution in [0, 0.1) is 0 Å². The van der Waals surface area contributed by atoms with E-state index in [1.54, 1.807) is 12.1 Å². The molecule has 1 heterocycles. The molecule has 2 aromatic carbocycles. The van der Waals surface area contributed by atoms with Crippen LogP contribution in [0.3, 0.4) is 0 Å². The third-order valence-corrected chi connectivity index (χ3v) is 5.07. The van der Waals surface area contributed by atoms with E-state index in [-0.39, 0.29) is 24.5 Å². The van der Waals surface area contributed by atoms with Crippen LogP contribution in [0.4, 0.5) is 21.9 Å². The number of benzene rings is 2. The number of hydrogen-bond acceptors (Lipinski definition) is 4. The molecule has 1 aliphatic rings. The maximum absolute atomic E-state index is 12.4. The van der Waals surface area contributed by atoms with Crippen molar-refractivity contribution in [3.05, 3.63) is 54.1 Å². The Morgan fingerprint density at radius 2 is 1.73 bits per heavy atom. The molecule has 158 valence electrons. The highest BCUT2D eigenvalue weighted by atomic mass is 16.4. The zero-order valence-corrected chi connectivity index (χ0v) is 17.0. The average Bonchev–Trinajstić information content (AvgIpc) is 2.73. The topological polar surface area (TPSA) is 111 Å². The third kappa shape index (κ3) is 4.89. The second-order valence-corrected chi connectivity index (χ2v) is 7.24. The molecule has 0 radical (unpaired) electrons. The smallest absolute Gasteiger partial charge is 0.405 e. The van der Waals surface area contributed by atoms with Crippen molar-refractivity contribution in [2.45, 2.75) is 38.8 Å². The molecule has 0 saturated carbocycles. The van der Waals surface area contributed by atoms with Gasteiger partial charge in [0.1, 0.15) is 6.54 Å². The standard InChI is InChI=1S/C22H26N4O4/c1-3-21(28)26-14(2)12-18(17-6-4-5-7-19(17)26)24-15-8-10-16(11-9-15)25-20(27)13-23-22(29)30/h4-11,14,18,23-24H,3,12-13H2,1-2H3,(H,25,27)(H,29,30)/t14-,18+/m0/s1. The Morgan fingerprint density at radius 1 is 1.07 bits per heavy atom. The van der Waals surface area contributed by atoms with Crippen molar-refractivity contribution in [3.8, 4) is 0 Å². The summed E-state index contributed by atoms with van der Waals surface area (Å²) in [6.07, 6.45) is -0.000462. The number of fused-ring (bicyclic) bond motifs is 1. The predicted molar refractivity (Wildman–Crippen MR) is 116 cm³/mol. The summed E-state index contributed by atoms with van der Waals surface area (Å²) in [6, 6.07) is 15.3. The van der Waals surface area contributed by atoms with Crippen molar-refractivity contribution in [1.29, 1.82) is 0 Å². The van der Waals surface area contributed by atoms with E-state index in [1.807, 2.05) is 53.5 Å². The Balaban J connectivity index is 1.71. The van der Waals surface area contributed by atoms with Crippen LogP contribution in [0.2, 0.25) is 0 Å². The lowest BCUT2D eigenvalue weighted by molar-refractivity contribution is -0.119. The van der Waals surface area contributed by atoms with E-state index in [9.17, 15) is 14.4 Å². The summed E-state index contributed by atoms with van der Waals surface area (Å²) in [5, 5.41) is 16.7. The monoisotopic (exact) mass is 410 g/mol. The highest BCUT2D eigenvalue weighted by Gasteiger charge is 2.32. The van der Waals surface area contributed by atoms with E-state index in [2.05, 4.69) is 17.6 Å². The first-order chi connectivity index (χ1) is 14.4. The first-order valence-corrected chi connectivity index (χ1v) is 9.93. The number of para-hydroxylation sites is 1. The SMILES string of the molecule is CCC(=O)N1c2ccccc2[C@H](Nc2ccc(NC(=O)CNC(=O)O)cc2)C[C@@H]1C. The van der Waals surface area contributed by atoms with Crippen molar-refractivity contribution in [2.75, 3.05) is 22.1 Å². The van der Waals surface area contributed by atoms with Crippen LogP contribution in [0.15, 0.2) is 48.5 Å². The minimum absolute atomic E-state index is 0.0531. The molecule has 0 unspecified atom stereocenters. The summed E-state index contributed by atoms with van der Waals surface area (Å²) in [4.78, 5) is 36.5. The molecule has 2 atom stereocenters. The van der Waals surface area contributed by atoms with Crippen molar-refractivity contribution in [3.63, 3.8) is 0 Å². The molecule has 0 aromatic heterocycles. The molecule has 0 saturated heterocycles. The highest BCUT2D eigenvalue weighted by molar-refractivity contribution is 5.95. The number of rotatable bonds is 6. The van der Waals surface area contributed by atoms with Crippen LogP contribution >= 0.6 is 0 Å². The van der Waals surface area contributed by atoms with E-state index in [0.29, 0.717) is 12.1 Å². The molecule has 0 fully saturated rings. The predicted octanol–water partition coefficient (Wildman–Crippen LogP) is 3.58. The van der Waals surface area contributed by atoms with Gasteiger partial charge in [-0.1, -0.05) is 25.1 Å². The molecule has 4 N–H and O–H groups in total. The van der Waals surface area contributed by atoms with Crippen LogP contribution in [0.5, 0.6) is 0 Å². The van der Waals surface area contributed by atoms with Crippen LogP contribution in [0.25, 0.3) is 0 Å². The molecular weight excluding hydrogens is 384 g/mol. The fourth-order valence-electron chi connectivity index (χ4n) is 3.71. The van der Waals surface area contributed by atoms with Crippen LogP contribution in [-0.2, 0) is 9.59 Å². The number of carbonyl (C=O) groups excluding carboxylic acids is 2. The Hall–Kier alpha value is -3.55. The van der Waals surface area contributed by atoms with Crippen molar-refractivity contribution in [1.82, 2.24) is 5.32 Å². The lowest BCUT2D eigenvalue weighted by Crippen LogP contribution is -2.44. The molecule has 0 spiro atoms. The summed E-state index contributed by atoms with van der Waals surface area (Å²) < 4.78 is 0. The Kier molecular flexibility index (Phi) is 6.56. The van der Waals surface area contributed by atoms with E-state index < -0.39 is 12.0 Å². The third-order valence-electron chi connectivity index (χ3n) is 5.07. The van der Waals surface area contributed by atoms with Gasteiger partial charge in [0.25, 0.3) is 0 Å². The van der Waals surface area contributed by atoms with Crippen molar-refractivity contribution in [2.24, 2.45) is 0 Å². The number of anilines is 3. The normalized spacial score (nSPS) is 17.6. The summed E-state index contributed by atoms with van der Waals surface area (Å²) in [7, 11) is 0. The first kappa shape index (κ1) is 21.2. The summed E-state index contributed by atoms with van der Waals surface area (Å²) in [6.45, 7) is 3.63. The number of nitrogens with one attached hydrogen (secondary N) is 3. The molecule has 0 bridgehead atoms. The van der Waals surface area contributed by atoms with Crippen LogP contribution in [0.1, 0.15) is 38.3 Å². The molecule has 1 aliphatic heterocycles. The number of hydrogen-bond donors (Lipinski definition) is 4. The van der Waals surface area contributed by atoms with Gasteiger partial charge in [0.2, 0.25) is 11.8 Å². The molecule has 3 rings (SSSR count). The second-order valence-electron chi connectivity index (χ2n) is 7.24. The van der Waals surface area contributed by atoms with Gasteiger partial charge < -0.3 is 26.0 Å². The highest BCUT2D eigenvalue weighted by Crippen LogP contribution is 2.39. The van der Waals surface area contributed by atoms with E-state index in [0.717, 1.165) is 23.4 Å². The summed E-state index contributed by atoms with van der Waals surface area (Å²) >= 11 is 0. The Bertz CT molecular complexity index is 929. The Morgan fingerprint density at radius 3 is 2.40 bits per heavy atom.